The second-order valence-corrected chi connectivity index (χ2v) is 5.69. The number of pyridine rings is 1. The van der Waals surface area contributed by atoms with Crippen LogP contribution in [0.15, 0.2) is 18.3 Å². The monoisotopic (exact) mass is 347 g/mol. The second kappa shape index (κ2) is 7.69. The van der Waals surface area contributed by atoms with E-state index in [0.29, 0.717) is 18.7 Å². The minimum absolute atomic E-state index is 0.0278. The molecule has 2 amide bonds. The first-order valence-electron chi connectivity index (χ1n) is 7.56. The number of aromatic nitrogens is 1. The molecular formula is C15H20F3N3O3. The molecule has 0 bridgehead atoms. The summed E-state index contributed by atoms with van der Waals surface area (Å²) < 4.78 is 47.0. The predicted octanol–water partition coefficient (Wildman–Crippen LogP) is 2.34. The van der Waals surface area contributed by atoms with Crippen LogP contribution in [0.5, 0.6) is 5.88 Å². The van der Waals surface area contributed by atoms with Gasteiger partial charge in [0.05, 0.1) is 12.2 Å². The maximum atomic E-state index is 12.3. The number of nitrogens with zero attached hydrogens (tertiary/aromatic N) is 2. The molecule has 0 saturated carbocycles. The van der Waals surface area contributed by atoms with Gasteiger partial charge in [-0.1, -0.05) is 6.07 Å². The average molecular weight is 347 g/mol. The quantitative estimate of drug-likeness (QED) is 0.908. The summed E-state index contributed by atoms with van der Waals surface area (Å²) >= 11 is 0. The Morgan fingerprint density at radius 2 is 2.08 bits per heavy atom. The van der Waals surface area contributed by atoms with Gasteiger partial charge in [-0.15, -0.1) is 0 Å². The number of alkyl halides is 3. The lowest BCUT2D eigenvalue weighted by Gasteiger charge is -2.35. The van der Waals surface area contributed by atoms with E-state index >= 15 is 0 Å². The molecule has 2 heterocycles. The summed E-state index contributed by atoms with van der Waals surface area (Å²) in [5.41, 5.74) is 0.379. The smallest absolute Gasteiger partial charge is 0.422 e. The minimum Gasteiger partial charge on any atom is -0.468 e. The van der Waals surface area contributed by atoms with Gasteiger partial charge in [-0.05, 0) is 19.9 Å². The maximum absolute atomic E-state index is 12.3. The van der Waals surface area contributed by atoms with Gasteiger partial charge in [0, 0.05) is 31.4 Å². The molecule has 0 aromatic carbocycles. The molecular weight excluding hydrogens is 327 g/mol. The fraction of sp³-hybridized carbons (Fsp3) is 0.600. The van der Waals surface area contributed by atoms with Crippen LogP contribution in [0.2, 0.25) is 0 Å². The fourth-order valence-electron chi connectivity index (χ4n) is 2.47. The third-order valence-corrected chi connectivity index (χ3v) is 3.36. The van der Waals surface area contributed by atoms with E-state index < -0.39 is 12.8 Å². The summed E-state index contributed by atoms with van der Waals surface area (Å²) in [5, 5.41) is 2.68. The number of nitrogens with one attached hydrogen (secondary N) is 1. The molecule has 1 aromatic heterocycles. The summed E-state index contributed by atoms with van der Waals surface area (Å²) in [6.45, 7) is 3.27. The zero-order chi connectivity index (χ0) is 17.7. The second-order valence-electron chi connectivity index (χ2n) is 5.69. The van der Waals surface area contributed by atoms with Gasteiger partial charge in [0.15, 0.2) is 6.61 Å². The van der Waals surface area contributed by atoms with E-state index in [1.165, 1.54) is 6.20 Å². The van der Waals surface area contributed by atoms with Crippen LogP contribution in [-0.4, -0.2) is 54.0 Å². The van der Waals surface area contributed by atoms with Crippen LogP contribution in [0.3, 0.4) is 0 Å². The number of halogens is 3. The van der Waals surface area contributed by atoms with Crippen LogP contribution in [0, 0.1) is 0 Å². The number of urea groups is 1. The number of morpholine rings is 1. The standard InChI is InChI=1S/C15H20F3N3O3/c1-10-7-21(8-11(2)24-10)14(22)20-6-12-4-3-5-19-13(12)23-9-15(16,17)18/h3-5,10-11H,6-9H2,1-2H3,(H,20,22)/t10-,11-/m0/s1. The van der Waals surface area contributed by atoms with E-state index in [4.69, 9.17) is 9.47 Å². The predicted molar refractivity (Wildman–Crippen MR) is 79.6 cm³/mol. The molecule has 6 nitrogen and oxygen atoms in total. The Bertz CT molecular complexity index is 558. The van der Waals surface area contributed by atoms with E-state index in [1.54, 1.807) is 17.0 Å². The molecule has 0 unspecified atom stereocenters. The lowest BCUT2D eigenvalue weighted by Crippen LogP contribution is -2.51. The zero-order valence-corrected chi connectivity index (χ0v) is 13.5. The Balaban J connectivity index is 1.93. The topological polar surface area (TPSA) is 63.7 Å². The highest BCUT2D eigenvalue weighted by atomic mass is 19.4. The van der Waals surface area contributed by atoms with Crippen molar-refractivity contribution in [2.24, 2.45) is 0 Å². The van der Waals surface area contributed by atoms with Crippen molar-refractivity contribution in [3.05, 3.63) is 23.9 Å². The molecule has 1 aliphatic rings. The Kier molecular flexibility index (Phi) is 5.87. The Morgan fingerprint density at radius 1 is 1.42 bits per heavy atom. The number of amides is 2. The number of ether oxygens (including phenoxy) is 2. The van der Waals surface area contributed by atoms with Crippen molar-refractivity contribution in [1.82, 2.24) is 15.2 Å². The van der Waals surface area contributed by atoms with Crippen molar-refractivity contribution < 1.29 is 27.4 Å². The van der Waals surface area contributed by atoms with Gasteiger partial charge in [-0.25, -0.2) is 9.78 Å². The highest BCUT2D eigenvalue weighted by Crippen LogP contribution is 2.20. The third-order valence-electron chi connectivity index (χ3n) is 3.36. The number of carbonyl (C=O) groups excluding carboxylic acids is 1. The highest BCUT2D eigenvalue weighted by molar-refractivity contribution is 5.74. The summed E-state index contributed by atoms with van der Waals surface area (Å²) in [7, 11) is 0. The SMILES string of the molecule is C[C@H]1CN(C(=O)NCc2cccnc2OCC(F)(F)F)C[C@H](C)O1. The van der Waals surface area contributed by atoms with Crippen molar-refractivity contribution in [2.75, 3.05) is 19.7 Å². The molecule has 1 N–H and O–H groups in total. The van der Waals surface area contributed by atoms with Crippen LogP contribution in [0.25, 0.3) is 0 Å². The van der Waals surface area contributed by atoms with Gasteiger partial charge in [0.2, 0.25) is 5.88 Å². The van der Waals surface area contributed by atoms with Gasteiger partial charge in [0.1, 0.15) is 0 Å². The summed E-state index contributed by atoms with van der Waals surface area (Å²) in [5.74, 6) is -0.140. The number of hydrogen-bond donors (Lipinski definition) is 1. The van der Waals surface area contributed by atoms with Gasteiger partial charge in [-0.2, -0.15) is 13.2 Å². The Hall–Kier alpha value is -2.03. The molecule has 1 aromatic rings. The average Bonchev–Trinajstić information content (AvgIpc) is 2.49. The summed E-state index contributed by atoms with van der Waals surface area (Å²) in [4.78, 5) is 17.6. The summed E-state index contributed by atoms with van der Waals surface area (Å²) in [6.07, 6.45) is -3.24. The van der Waals surface area contributed by atoms with E-state index in [0.717, 1.165) is 0 Å². The zero-order valence-electron chi connectivity index (χ0n) is 13.5. The molecule has 0 spiro atoms. The number of rotatable bonds is 4. The highest BCUT2D eigenvalue weighted by Gasteiger charge is 2.29. The number of hydrogen-bond acceptors (Lipinski definition) is 4. The number of carbonyl (C=O) groups is 1. The van der Waals surface area contributed by atoms with Crippen LogP contribution in [0.4, 0.5) is 18.0 Å². The van der Waals surface area contributed by atoms with E-state index in [2.05, 4.69) is 10.3 Å². The Morgan fingerprint density at radius 3 is 2.71 bits per heavy atom. The fourth-order valence-corrected chi connectivity index (χ4v) is 2.47. The molecule has 1 saturated heterocycles. The normalized spacial score (nSPS) is 21.5. The maximum Gasteiger partial charge on any atom is 0.422 e. The molecule has 1 fully saturated rings. The first-order valence-corrected chi connectivity index (χ1v) is 7.56. The molecule has 134 valence electrons. The van der Waals surface area contributed by atoms with Gasteiger partial charge >= 0.3 is 12.2 Å². The van der Waals surface area contributed by atoms with Crippen molar-refractivity contribution in [2.45, 2.75) is 38.8 Å². The lowest BCUT2D eigenvalue weighted by atomic mass is 10.2. The van der Waals surface area contributed by atoms with Crippen LogP contribution < -0.4 is 10.1 Å². The molecule has 9 heteroatoms. The van der Waals surface area contributed by atoms with Crippen molar-refractivity contribution >= 4 is 6.03 Å². The van der Waals surface area contributed by atoms with Crippen molar-refractivity contribution in [3.63, 3.8) is 0 Å². The molecule has 2 rings (SSSR count). The van der Waals surface area contributed by atoms with Gasteiger partial charge < -0.3 is 19.7 Å². The van der Waals surface area contributed by atoms with Crippen LogP contribution >= 0.6 is 0 Å². The molecule has 1 aliphatic heterocycles. The minimum atomic E-state index is -4.45. The Labute approximate surface area is 137 Å². The van der Waals surface area contributed by atoms with E-state index in [9.17, 15) is 18.0 Å². The van der Waals surface area contributed by atoms with Crippen molar-refractivity contribution in [3.8, 4) is 5.88 Å². The van der Waals surface area contributed by atoms with E-state index in [-0.39, 0.29) is 30.7 Å². The van der Waals surface area contributed by atoms with Crippen LogP contribution in [0.1, 0.15) is 19.4 Å². The first kappa shape index (κ1) is 18.3. The molecule has 2 atom stereocenters. The van der Waals surface area contributed by atoms with Gasteiger partial charge in [-0.3, -0.25) is 0 Å². The van der Waals surface area contributed by atoms with Gasteiger partial charge in [0.25, 0.3) is 0 Å². The molecule has 24 heavy (non-hydrogen) atoms. The lowest BCUT2D eigenvalue weighted by molar-refractivity contribution is -0.154. The summed E-state index contributed by atoms with van der Waals surface area (Å²) in [6, 6.07) is 2.83. The first-order chi connectivity index (χ1) is 11.2. The van der Waals surface area contributed by atoms with E-state index in [1.807, 2.05) is 13.8 Å². The molecule has 0 aliphatic carbocycles. The third kappa shape index (κ3) is 5.55. The van der Waals surface area contributed by atoms with Crippen molar-refractivity contribution in [1.29, 1.82) is 0 Å². The molecule has 0 radical (unpaired) electrons. The van der Waals surface area contributed by atoms with Crippen LogP contribution in [-0.2, 0) is 11.3 Å². The largest absolute Gasteiger partial charge is 0.468 e.